The molecule has 0 aromatic heterocycles. The summed E-state index contributed by atoms with van der Waals surface area (Å²) < 4.78 is 22.5. The van der Waals surface area contributed by atoms with Gasteiger partial charge in [0.15, 0.2) is 0 Å². The number of anilines is 1. The molecule has 0 aliphatic heterocycles. The summed E-state index contributed by atoms with van der Waals surface area (Å²) in [4.78, 5) is 11.3. The second-order valence-electron chi connectivity index (χ2n) is 3.63. The fourth-order valence-electron chi connectivity index (χ4n) is 1.23. The lowest BCUT2D eigenvalue weighted by Gasteiger charge is -2.09. The molecule has 94 valence electrons. The van der Waals surface area contributed by atoms with Crippen LogP contribution >= 0.6 is 11.6 Å². The second-order valence-corrected chi connectivity index (χ2v) is 5.82. The van der Waals surface area contributed by atoms with E-state index in [9.17, 15) is 13.2 Å². The maximum Gasteiger partial charge on any atom is 0.242 e. The van der Waals surface area contributed by atoms with Crippen molar-refractivity contribution in [3.8, 4) is 0 Å². The van der Waals surface area contributed by atoms with Crippen molar-refractivity contribution in [2.45, 2.75) is 24.1 Å². The SMILES string of the molecule is Cc1ccc(NC(=O)C(C)Cl)cc1S(N)(=O)=O. The molecule has 1 rings (SSSR count). The maximum absolute atomic E-state index is 11.3. The van der Waals surface area contributed by atoms with E-state index in [2.05, 4.69) is 5.32 Å². The monoisotopic (exact) mass is 276 g/mol. The van der Waals surface area contributed by atoms with Gasteiger partial charge in [-0.25, -0.2) is 13.6 Å². The van der Waals surface area contributed by atoms with Crippen molar-refractivity contribution >= 4 is 33.2 Å². The fraction of sp³-hybridized carbons (Fsp3) is 0.300. The molecule has 1 atom stereocenters. The summed E-state index contributed by atoms with van der Waals surface area (Å²) in [7, 11) is -3.80. The lowest BCUT2D eigenvalue weighted by atomic mass is 10.2. The summed E-state index contributed by atoms with van der Waals surface area (Å²) >= 11 is 5.58. The van der Waals surface area contributed by atoms with Crippen molar-refractivity contribution in [1.82, 2.24) is 0 Å². The van der Waals surface area contributed by atoms with Crippen molar-refractivity contribution in [1.29, 1.82) is 0 Å². The Morgan fingerprint density at radius 3 is 2.53 bits per heavy atom. The number of benzene rings is 1. The molecule has 0 radical (unpaired) electrons. The number of primary sulfonamides is 1. The van der Waals surface area contributed by atoms with Crippen LogP contribution in [0.1, 0.15) is 12.5 Å². The van der Waals surface area contributed by atoms with E-state index in [4.69, 9.17) is 16.7 Å². The predicted octanol–water partition coefficient (Wildman–Crippen LogP) is 1.21. The molecule has 0 spiro atoms. The van der Waals surface area contributed by atoms with Crippen molar-refractivity contribution in [3.05, 3.63) is 23.8 Å². The standard InChI is InChI=1S/C10H13ClN2O3S/c1-6-3-4-8(13-10(14)7(2)11)5-9(6)17(12,15)16/h3-5,7H,1-2H3,(H,13,14)(H2,12,15,16). The molecule has 1 aromatic carbocycles. The number of carbonyl (C=O) groups is 1. The molecular formula is C10H13ClN2O3S. The van der Waals surface area contributed by atoms with Crippen LogP contribution in [0.2, 0.25) is 0 Å². The average Bonchev–Trinajstić information content (AvgIpc) is 2.19. The van der Waals surface area contributed by atoms with E-state index >= 15 is 0 Å². The summed E-state index contributed by atoms with van der Waals surface area (Å²) in [5.74, 6) is -0.407. The Bertz CT molecular complexity index is 540. The number of hydrogen-bond donors (Lipinski definition) is 2. The highest BCUT2D eigenvalue weighted by Crippen LogP contribution is 2.19. The number of aryl methyl sites for hydroxylation is 1. The van der Waals surface area contributed by atoms with Crippen LogP contribution in [-0.4, -0.2) is 19.7 Å². The van der Waals surface area contributed by atoms with Crippen LogP contribution < -0.4 is 10.5 Å². The molecule has 0 fully saturated rings. The number of carbonyl (C=O) groups excluding carboxylic acids is 1. The number of halogens is 1. The number of sulfonamides is 1. The van der Waals surface area contributed by atoms with E-state index in [1.54, 1.807) is 19.1 Å². The minimum Gasteiger partial charge on any atom is -0.325 e. The first-order valence-corrected chi connectivity index (χ1v) is 6.78. The highest BCUT2D eigenvalue weighted by molar-refractivity contribution is 7.89. The fourth-order valence-corrected chi connectivity index (χ4v) is 2.09. The van der Waals surface area contributed by atoms with Gasteiger partial charge in [0.1, 0.15) is 5.38 Å². The number of hydrogen-bond acceptors (Lipinski definition) is 3. The van der Waals surface area contributed by atoms with Crippen molar-refractivity contribution in [3.63, 3.8) is 0 Å². The number of amides is 1. The molecule has 0 saturated carbocycles. The van der Waals surface area contributed by atoms with E-state index in [1.807, 2.05) is 0 Å². The highest BCUT2D eigenvalue weighted by atomic mass is 35.5. The summed E-state index contributed by atoms with van der Waals surface area (Å²) in [6.07, 6.45) is 0. The number of nitrogens with two attached hydrogens (primary N) is 1. The smallest absolute Gasteiger partial charge is 0.242 e. The third-order valence-corrected chi connectivity index (χ3v) is 3.37. The first kappa shape index (κ1) is 14.0. The number of rotatable bonds is 3. The Morgan fingerprint density at radius 2 is 2.06 bits per heavy atom. The normalized spacial score (nSPS) is 13.2. The van der Waals surface area contributed by atoms with Crippen molar-refractivity contribution < 1.29 is 13.2 Å². The predicted molar refractivity (Wildman–Crippen MR) is 66.5 cm³/mol. The van der Waals surface area contributed by atoms with Gasteiger partial charge in [0.2, 0.25) is 15.9 Å². The van der Waals surface area contributed by atoms with E-state index in [-0.39, 0.29) is 4.90 Å². The van der Waals surface area contributed by atoms with Gasteiger partial charge in [-0.2, -0.15) is 0 Å². The molecule has 0 aliphatic carbocycles. The summed E-state index contributed by atoms with van der Waals surface area (Å²) in [5.41, 5.74) is 0.863. The Kier molecular flexibility index (Phi) is 4.13. The zero-order valence-electron chi connectivity index (χ0n) is 9.40. The average molecular weight is 277 g/mol. The minimum absolute atomic E-state index is 0.0162. The second kappa shape index (κ2) is 5.03. The first-order valence-electron chi connectivity index (χ1n) is 4.80. The number of nitrogens with one attached hydrogen (secondary N) is 1. The van der Waals surface area contributed by atoms with Crippen LogP contribution in [0.15, 0.2) is 23.1 Å². The molecule has 1 amide bonds. The van der Waals surface area contributed by atoms with Gasteiger partial charge in [-0.1, -0.05) is 6.07 Å². The quantitative estimate of drug-likeness (QED) is 0.813. The Morgan fingerprint density at radius 1 is 1.47 bits per heavy atom. The van der Waals surface area contributed by atoms with Gasteiger partial charge < -0.3 is 5.32 Å². The molecular weight excluding hydrogens is 264 g/mol. The molecule has 0 aliphatic rings. The van der Waals surface area contributed by atoms with E-state index in [1.165, 1.54) is 13.0 Å². The zero-order chi connectivity index (χ0) is 13.2. The van der Waals surface area contributed by atoms with Gasteiger partial charge >= 0.3 is 0 Å². The summed E-state index contributed by atoms with van der Waals surface area (Å²) in [6.45, 7) is 3.14. The van der Waals surface area contributed by atoms with Gasteiger partial charge in [0.25, 0.3) is 0 Å². The molecule has 0 bridgehead atoms. The maximum atomic E-state index is 11.3. The van der Waals surface area contributed by atoms with Crippen LogP contribution in [0.5, 0.6) is 0 Å². The van der Waals surface area contributed by atoms with Gasteiger partial charge in [-0.05, 0) is 31.5 Å². The molecule has 5 nitrogen and oxygen atoms in total. The van der Waals surface area contributed by atoms with Crippen LogP contribution in [0.3, 0.4) is 0 Å². The van der Waals surface area contributed by atoms with E-state index in [0.717, 1.165) is 0 Å². The van der Waals surface area contributed by atoms with Crippen LogP contribution in [0.4, 0.5) is 5.69 Å². The number of alkyl halides is 1. The Labute approximate surface area is 105 Å². The molecule has 3 N–H and O–H groups in total. The Hall–Kier alpha value is -1.11. The van der Waals surface area contributed by atoms with Crippen molar-refractivity contribution in [2.24, 2.45) is 5.14 Å². The zero-order valence-corrected chi connectivity index (χ0v) is 11.0. The molecule has 7 heteroatoms. The van der Waals surface area contributed by atoms with Gasteiger partial charge in [-0.15, -0.1) is 11.6 Å². The van der Waals surface area contributed by atoms with Gasteiger partial charge in [0, 0.05) is 5.69 Å². The van der Waals surface area contributed by atoms with Crippen LogP contribution in [0.25, 0.3) is 0 Å². The van der Waals surface area contributed by atoms with Crippen LogP contribution in [-0.2, 0) is 14.8 Å². The topological polar surface area (TPSA) is 89.3 Å². The third kappa shape index (κ3) is 3.69. The molecule has 0 saturated heterocycles. The highest BCUT2D eigenvalue weighted by Gasteiger charge is 2.14. The minimum atomic E-state index is -3.80. The lowest BCUT2D eigenvalue weighted by Crippen LogP contribution is -2.21. The van der Waals surface area contributed by atoms with E-state index in [0.29, 0.717) is 11.3 Å². The van der Waals surface area contributed by atoms with Crippen LogP contribution in [0, 0.1) is 6.92 Å². The Balaban J connectivity index is 3.10. The summed E-state index contributed by atoms with van der Waals surface area (Å²) in [6, 6.07) is 4.46. The molecule has 0 heterocycles. The summed E-state index contributed by atoms with van der Waals surface area (Å²) in [5, 5.41) is 6.84. The first-order chi connectivity index (χ1) is 7.71. The third-order valence-electron chi connectivity index (χ3n) is 2.12. The molecule has 1 unspecified atom stereocenters. The molecule has 17 heavy (non-hydrogen) atoms. The largest absolute Gasteiger partial charge is 0.325 e. The molecule has 1 aromatic rings. The van der Waals surface area contributed by atoms with E-state index < -0.39 is 21.3 Å². The van der Waals surface area contributed by atoms with Crippen molar-refractivity contribution in [2.75, 3.05) is 5.32 Å². The van der Waals surface area contributed by atoms with Gasteiger partial charge in [-0.3, -0.25) is 4.79 Å². The lowest BCUT2D eigenvalue weighted by molar-refractivity contribution is -0.115. The van der Waals surface area contributed by atoms with Gasteiger partial charge in [0.05, 0.1) is 4.90 Å².